The second-order valence-electron chi connectivity index (χ2n) is 7.46. The molecule has 1 radical (unpaired) electrons. The molecule has 0 unspecified atom stereocenters. The van der Waals surface area contributed by atoms with Crippen LogP contribution >= 0.6 is 0 Å². The molecule has 0 nitrogen and oxygen atoms in total. The number of benzene rings is 2. The Morgan fingerprint density at radius 3 is 2.14 bits per heavy atom. The maximum absolute atomic E-state index is 3.16. The first-order valence-electron chi connectivity index (χ1n) is 9.32. The Morgan fingerprint density at radius 1 is 0.966 bits per heavy atom. The molecule has 151 valence electrons. The summed E-state index contributed by atoms with van der Waals surface area (Å²) in [4.78, 5) is 0. The van der Waals surface area contributed by atoms with Crippen molar-refractivity contribution < 1.29 is 48.1 Å². The Balaban J connectivity index is 0.000000392. The van der Waals surface area contributed by atoms with Gasteiger partial charge in [-0.15, -0.1) is 36.1 Å². The smallest absolute Gasteiger partial charge is 0.0809 e. The normalized spacial score (nSPS) is 11.7. The molecule has 0 bridgehead atoms. The zero-order chi connectivity index (χ0) is 19.5. The van der Waals surface area contributed by atoms with Gasteiger partial charge < -0.3 is 24.8 Å². The van der Waals surface area contributed by atoms with Crippen LogP contribution in [0.5, 0.6) is 0 Å². The standard InChI is InChI=1S/C9H7.C9H13.C7H7Si.2ClH.Zr/c1-2-5-9-7-3-6-8(9)4-1;1-9(2,3)8-6-4-5-7-8;8-6-7-4-2-1-3-5-7;;;/h1-7H;6-7H,4H2,1-3H3;1-5H,6H2;2*1H;/q2*-1;;;;+2/p-2. The third kappa shape index (κ3) is 10.7. The Kier molecular flexibility index (Phi) is 14.7. The van der Waals surface area contributed by atoms with Gasteiger partial charge in [-0.05, 0) is 0 Å². The minimum Gasteiger partial charge on any atom is -0.168 e. The molecule has 0 heterocycles. The van der Waals surface area contributed by atoms with Crippen LogP contribution in [0.1, 0.15) is 32.8 Å². The topological polar surface area (TPSA) is 0 Å². The molecule has 0 saturated carbocycles. The Hall–Kier alpha value is -0.790. The van der Waals surface area contributed by atoms with Crippen molar-refractivity contribution >= 4 is 16.9 Å². The number of hydrogen-bond donors (Lipinski definition) is 0. The first-order valence-corrected chi connectivity index (χ1v) is 14.2. The number of fused-ring (bicyclic) bond motifs is 1. The molecule has 0 amide bonds. The zero-order valence-corrected chi connectivity index (χ0v) is 22.2. The van der Waals surface area contributed by atoms with Crippen molar-refractivity contribution in [2.75, 3.05) is 0 Å². The van der Waals surface area contributed by atoms with E-state index in [1.165, 1.54) is 28.0 Å². The quantitative estimate of drug-likeness (QED) is 0.346. The number of halogens is 2. The van der Waals surface area contributed by atoms with Crippen molar-refractivity contribution in [3.63, 3.8) is 0 Å². The summed E-state index contributed by atoms with van der Waals surface area (Å²) in [6.07, 6.45) is 9.63. The van der Waals surface area contributed by atoms with Gasteiger partial charge in [0.15, 0.2) is 0 Å². The minimum atomic E-state index is 0. The van der Waals surface area contributed by atoms with E-state index in [0.717, 1.165) is 12.6 Å². The molecule has 4 rings (SSSR count). The van der Waals surface area contributed by atoms with E-state index in [4.69, 9.17) is 0 Å². The van der Waals surface area contributed by atoms with Crippen molar-refractivity contribution in [3.05, 3.63) is 102 Å². The molecule has 0 saturated heterocycles. The summed E-state index contributed by atoms with van der Waals surface area (Å²) < 4.78 is 0. The monoisotopic (exact) mass is 515 g/mol. The van der Waals surface area contributed by atoms with Crippen LogP contribution in [0.15, 0.2) is 90.5 Å². The summed E-state index contributed by atoms with van der Waals surface area (Å²) in [5.41, 5.74) is 3.22. The molecule has 1 aliphatic carbocycles. The van der Waals surface area contributed by atoms with Crippen LogP contribution in [0, 0.1) is 11.5 Å². The van der Waals surface area contributed by atoms with E-state index in [1.54, 1.807) is 23.3 Å². The van der Waals surface area contributed by atoms with E-state index in [1.807, 2.05) is 0 Å². The van der Waals surface area contributed by atoms with Crippen LogP contribution in [-0.2, 0) is 29.4 Å². The van der Waals surface area contributed by atoms with Gasteiger partial charge >= 0.3 is 71.4 Å². The Labute approximate surface area is 204 Å². The molecule has 1 aliphatic rings. The SMILES string of the molecule is CC(C)(C)C1=CC[C-]=C1.[Cl-].[Cl-].[Zr+2]=[Si]Cc1ccccc1.c1ccc2[cH-]ccc2c1. The van der Waals surface area contributed by atoms with Crippen molar-refractivity contribution in [1.29, 1.82) is 0 Å². The number of hydrogen-bond acceptors (Lipinski definition) is 0. The van der Waals surface area contributed by atoms with Crippen molar-refractivity contribution in [1.82, 2.24) is 0 Å². The second-order valence-corrected chi connectivity index (χ2v) is 10.8. The summed E-state index contributed by atoms with van der Waals surface area (Å²) in [7, 11) is 0. The molecule has 0 spiro atoms. The van der Waals surface area contributed by atoms with Gasteiger partial charge in [0.1, 0.15) is 0 Å². The predicted octanol–water partition coefficient (Wildman–Crippen LogP) is 0.641. The molecule has 0 N–H and O–H groups in total. The van der Waals surface area contributed by atoms with Gasteiger partial charge in [-0.3, -0.25) is 6.08 Å². The average Bonchev–Trinajstić information content (AvgIpc) is 3.36. The fourth-order valence-corrected chi connectivity index (χ4v) is 4.63. The van der Waals surface area contributed by atoms with Crippen LogP contribution in [0.25, 0.3) is 10.8 Å². The molecule has 0 fully saturated rings. The van der Waals surface area contributed by atoms with Gasteiger partial charge in [-0.1, -0.05) is 32.3 Å². The molecule has 0 atom stereocenters. The minimum absolute atomic E-state index is 0. The summed E-state index contributed by atoms with van der Waals surface area (Å²) in [6, 6.07) is 26.6. The van der Waals surface area contributed by atoms with Crippen LogP contribution < -0.4 is 24.8 Å². The summed E-state index contributed by atoms with van der Waals surface area (Å²) in [5, 5.41) is 2.66. The predicted molar refractivity (Wildman–Crippen MR) is 115 cm³/mol. The molecular formula is C25H27Cl2SiZr-2. The molecule has 3 aromatic carbocycles. The molecular weight excluding hydrogens is 490 g/mol. The second kappa shape index (κ2) is 15.1. The van der Waals surface area contributed by atoms with Gasteiger partial charge in [-0.2, -0.15) is 29.2 Å². The fourth-order valence-electron chi connectivity index (χ4n) is 2.69. The molecule has 29 heavy (non-hydrogen) atoms. The van der Waals surface area contributed by atoms with Gasteiger partial charge in [0.05, 0.1) is 0 Å². The number of rotatable bonds is 2. The Morgan fingerprint density at radius 2 is 1.62 bits per heavy atom. The van der Waals surface area contributed by atoms with E-state index in [-0.39, 0.29) is 24.8 Å². The maximum atomic E-state index is 3.16. The zero-order valence-electron chi connectivity index (χ0n) is 17.3. The largest absolute Gasteiger partial charge is 0.168 e. The van der Waals surface area contributed by atoms with E-state index >= 15 is 0 Å². The van der Waals surface area contributed by atoms with Crippen LogP contribution in [0.2, 0.25) is 0 Å². The van der Waals surface area contributed by atoms with Crippen LogP contribution in [0.3, 0.4) is 0 Å². The third-order valence-corrected chi connectivity index (χ3v) is 6.13. The summed E-state index contributed by atoms with van der Waals surface area (Å²) >= 11 is 1.66. The molecule has 4 heteroatoms. The average molecular weight is 518 g/mol. The van der Waals surface area contributed by atoms with E-state index in [0.29, 0.717) is 5.41 Å². The van der Waals surface area contributed by atoms with Crippen LogP contribution in [0.4, 0.5) is 0 Å². The van der Waals surface area contributed by atoms with Crippen LogP contribution in [-0.4, -0.2) is 6.16 Å². The van der Waals surface area contributed by atoms with Crippen molar-refractivity contribution in [3.8, 4) is 0 Å². The van der Waals surface area contributed by atoms with Gasteiger partial charge in [0.25, 0.3) is 0 Å². The third-order valence-electron chi connectivity index (χ3n) is 4.25. The first-order chi connectivity index (χ1) is 13.0. The summed E-state index contributed by atoms with van der Waals surface area (Å²) in [6.45, 7) is 6.67. The van der Waals surface area contributed by atoms with E-state index in [9.17, 15) is 0 Å². The summed E-state index contributed by atoms with van der Waals surface area (Å²) in [5.74, 6) is 0. The van der Waals surface area contributed by atoms with Gasteiger partial charge in [0.2, 0.25) is 0 Å². The molecule has 3 aromatic rings. The van der Waals surface area contributed by atoms with E-state index in [2.05, 4.69) is 112 Å². The molecule has 0 aromatic heterocycles. The first kappa shape index (κ1) is 28.2. The van der Waals surface area contributed by atoms with Crippen molar-refractivity contribution in [2.45, 2.75) is 33.2 Å². The van der Waals surface area contributed by atoms with Crippen molar-refractivity contribution in [2.24, 2.45) is 5.41 Å². The maximum Gasteiger partial charge on any atom is -0.0809 e. The van der Waals surface area contributed by atoms with Gasteiger partial charge in [-0.25, -0.2) is 6.08 Å². The van der Waals surface area contributed by atoms with E-state index < -0.39 is 0 Å². The molecule has 0 aliphatic heterocycles. The van der Waals surface area contributed by atoms with Gasteiger partial charge in [0, 0.05) is 0 Å². The Bertz CT molecular complexity index is 860. The number of allylic oxidation sites excluding steroid dienone is 4. The fraction of sp³-hybridized carbons (Fsp3) is 0.240.